The Kier molecular flexibility index (Phi) is 3.82. The maximum atomic E-state index is 12.0. The number of nitrogens with one attached hydrogen (secondary N) is 1. The fraction of sp³-hybridized carbons (Fsp3) is 0.364. The average Bonchev–Trinajstić information content (AvgIpc) is 2.85. The van der Waals surface area contributed by atoms with E-state index in [-0.39, 0.29) is 11.9 Å². The molecule has 2 aromatic rings. The third-order valence-electron chi connectivity index (χ3n) is 2.60. The number of nitrogens with zero attached hydrogens (tertiary/aromatic N) is 3. The Balaban J connectivity index is 2.08. The first-order chi connectivity index (χ1) is 8.47. The van der Waals surface area contributed by atoms with E-state index in [2.05, 4.69) is 31.3 Å². The van der Waals surface area contributed by atoms with Gasteiger partial charge in [-0.1, -0.05) is 0 Å². The molecule has 0 fully saturated rings. The number of aromatic nitrogens is 3. The van der Waals surface area contributed by atoms with Gasteiger partial charge in [-0.25, -0.2) is 4.98 Å². The summed E-state index contributed by atoms with van der Waals surface area (Å²) < 4.78 is 2.45. The van der Waals surface area contributed by atoms with Crippen LogP contribution in [0.5, 0.6) is 0 Å². The number of hydrogen-bond donors (Lipinski definition) is 1. The minimum atomic E-state index is -0.374. The highest BCUT2D eigenvalue weighted by Gasteiger charge is 2.17. The summed E-state index contributed by atoms with van der Waals surface area (Å²) in [5, 5.41) is 7.53. The molecule has 0 radical (unpaired) electrons. The van der Waals surface area contributed by atoms with Gasteiger partial charge in [0.25, 0.3) is 5.91 Å². The summed E-state index contributed by atoms with van der Waals surface area (Å²) in [6.45, 7) is 5.70. The highest BCUT2D eigenvalue weighted by molar-refractivity contribution is 9.10. The SMILES string of the molecule is Cc1nc(NC(=O)C(C)n2cc(Br)cn2)sc1C. The summed E-state index contributed by atoms with van der Waals surface area (Å²) in [5.74, 6) is -0.126. The molecule has 0 spiro atoms. The molecule has 2 heterocycles. The van der Waals surface area contributed by atoms with Crippen LogP contribution in [0, 0.1) is 13.8 Å². The van der Waals surface area contributed by atoms with Gasteiger partial charge in [0.05, 0.1) is 16.4 Å². The lowest BCUT2D eigenvalue weighted by atomic mass is 10.3. The van der Waals surface area contributed by atoms with Gasteiger partial charge in [0.1, 0.15) is 6.04 Å². The standard InChI is InChI=1S/C11H13BrN4OS/c1-6-8(3)18-11(14-6)15-10(17)7(2)16-5-9(12)4-13-16/h4-5,7H,1-3H3,(H,14,15,17). The van der Waals surface area contributed by atoms with Crippen LogP contribution in [-0.2, 0) is 4.79 Å². The zero-order valence-corrected chi connectivity index (χ0v) is 12.7. The molecule has 1 atom stereocenters. The molecular formula is C11H13BrN4OS. The van der Waals surface area contributed by atoms with Crippen molar-refractivity contribution in [3.8, 4) is 0 Å². The van der Waals surface area contributed by atoms with E-state index in [1.165, 1.54) is 11.3 Å². The van der Waals surface area contributed by atoms with E-state index in [0.717, 1.165) is 15.0 Å². The predicted molar refractivity (Wildman–Crippen MR) is 74.9 cm³/mol. The number of anilines is 1. The van der Waals surface area contributed by atoms with E-state index in [1.807, 2.05) is 13.8 Å². The van der Waals surface area contributed by atoms with E-state index in [9.17, 15) is 4.79 Å². The van der Waals surface area contributed by atoms with Crippen LogP contribution < -0.4 is 5.32 Å². The van der Waals surface area contributed by atoms with Crippen LogP contribution >= 0.6 is 27.3 Å². The Hall–Kier alpha value is -1.21. The molecule has 2 rings (SSSR count). The predicted octanol–water partition coefficient (Wildman–Crippen LogP) is 2.92. The van der Waals surface area contributed by atoms with Gasteiger partial charge in [-0.2, -0.15) is 5.10 Å². The zero-order valence-electron chi connectivity index (χ0n) is 10.3. The minimum Gasteiger partial charge on any atom is -0.300 e. The molecule has 0 aliphatic carbocycles. The van der Waals surface area contributed by atoms with Crippen molar-refractivity contribution in [1.29, 1.82) is 0 Å². The van der Waals surface area contributed by atoms with E-state index >= 15 is 0 Å². The maximum absolute atomic E-state index is 12.0. The molecule has 0 bridgehead atoms. The van der Waals surface area contributed by atoms with Crippen molar-refractivity contribution in [3.63, 3.8) is 0 Å². The van der Waals surface area contributed by atoms with Crippen LogP contribution in [0.1, 0.15) is 23.5 Å². The lowest BCUT2D eigenvalue weighted by Gasteiger charge is -2.10. The second-order valence-electron chi connectivity index (χ2n) is 3.96. The third kappa shape index (κ3) is 2.78. The first-order valence-electron chi connectivity index (χ1n) is 5.42. The van der Waals surface area contributed by atoms with E-state index in [1.54, 1.807) is 24.0 Å². The van der Waals surface area contributed by atoms with Crippen LogP contribution in [-0.4, -0.2) is 20.7 Å². The topological polar surface area (TPSA) is 59.8 Å². The zero-order chi connectivity index (χ0) is 13.3. The Morgan fingerprint density at radius 2 is 2.28 bits per heavy atom. The average molecular weight is 329 g/mol. The normalized spacial score (nSPS) is 12.4. The van der Waals surface area contributed by atoms with Crippen LogP contribution in [0.25, 0.3) is 0 Å². The molecule has 1 N–H and O–H groups in total. The first kappa shape index (κ1) is 13.2. The monoisotopic (exact) mass is 328 g/mol. The summed E-state index contributed by atoms with van der Waals surface area (Å²) in [4.78, 5) is 17.4. The Morgan fingerprint density at radius 3 is 2.78 bits per heavy atom. The van der Waals surface area contributed by atoms with Crippen molar-refractivity contribution < 1.29 is 4.79 Å². The van der Waals surface area contributed by atoms with Gasteiger partial charge < -0.3 is 5.32 Å². The number of halogens is 1. The lowest BCUT2D eigenvalue weighted by molar-refractivity contribution is -0.119. The Labute approximate surface area is 117 Å². The summed E-state index contributed by atoms with van der Waals surface area (Å²) in [6.07, 6.45) is 3.42. The largest absolute Gasteiger partial charge is 0.300 e. The number of carbonyl (C=O) groups excluding carboxylic acids is 1. The van der Waals surface area contributed by atoms with E-state index in [0.29, 0.717) is 5.13 Å². The van der Waals surface area contributed by atoms with Crippen LogP contribution in [0.3, 0.4) is 0 Å². The van der Waals surface area contributed by atoms with Crippen molar-refractivity contribution in [1.82, 2.24) is 14.8 Å². The van der Waals surface area contributed by atoms with Gasteiger partial charge in [-0.05, 0) is 36.7 Å². The van der Waals surface area contributed by atoms with Gasteiger partial charge in [0, 0.05) is 11.1 Å². The minimum absolute atomic E-state index is 0.126. The molecule has 7 heteroatoms. The summed E-state index contributed by atoms with van der Waals surface area (Å²) in [7, 11) is 0. The van der Waals surface area contributed by atoms with Crippen LogP contribution in [0.15, 0.2) is 16.9 Å². The smallest absolute Gasteiger partial charge is 0.250 e. The maximum Gasteiger partial charge on any atom is 0.250 e. The molecule has 0 aliphatic rings. The number of aryl methyl sites for hydroxylation is 2. The highest BCUT2D eigenvalue weighted by atomic mass is 79.9. The van der Waals surface area contributed by atoms with Gasteiger partial charge >= 0.3 is 0 Å². The molecule has 5 nitrogen and oxygen atoms in total. The molecule has 18 heavy (non-hydrogen) atoms. The summed E-state index contributed by atoms with van der Waals surface area (Å²) >= 11 is 4.78. The van der Waals surface area contributed by atoms with Crippen molar-refractivity contribution in [2.24, 2.45) is 0 Å². The van der Waals surface area contributed by atoms with Gasteiger partial charge in [-0.15, -0.1) is 11.3 Å². The van der Waals surface area contributed by atoms with Gasteiger partial charge in [-0.3, -0.25) is 9.48 Å². The number of hydrogen-bond acceptors (Lipinski definition) is 4. The summed E-state index contributed by atoms with van der Waals surface area (Å²) in [5.41, 5.74) is 0.949. The Bertz CT molecular complexity index is 558. The fourth-order valence-corrected chi connectivity index (χ4v) is 2.50. The molecule has 0 aliphatic heterocycles. The molecule has 0 saturated heterocycles. The lowest BCUT2D eigenvalue weighted by Crippen LogP contribution is -2.23. The molecule has 96 valence electrons. The van der Waals surface area contributed by atoms with Crippen molar-refractivity contribution >= 4 is 38.3 Å². The molecule has 0 saturated carbocycles. The second-order valence-corrected chi connectivity index (χ2v) is 6.08. The van der Waals surface area contributed by atoms with Crippen LogP contribution in [0.4, 0.5) is 5.13 Å². The van der Waals surface area contributed by atoms with Crippen molar-refractivity contribution in [2.45, 2.75) is 26.8 Å². The first-order valence-corrected chi connectivity index (χ1v) is 7.03. The van der Waals surface area contributed by atoms with Gasteiger partial charge in [0.15, 0.2) is 5.13 Å². The van der Waals surface area contributed by atoms with Gasteiger partial charge in [0.2, 0.25) is 0 Å². The molecule has 1 amide bonds. The number of carbonyl (C=O) groups is 1. The molecule has 2 aromatic heterocycles. The third-order valence-corrected chi connectivity index (χ3v) is 4.00. The van der Waals surface area contributed by atoms with E-state index < -0.39 is 0 Å². The number of rotatable bonds is 3. The number of thiazole rings is 1. The molecule has 0 aromatic carbocycles. The fourth-order valence-electron chi connectivity index (χ4n) is 1.38. The molecular weight excluding hydrogens is 316 g/mol. The van der Waals surface area contributed by atoms with E-state index in [4.69, 9.17) is 0 Å². The molecule has 1 unspecified atom stereocenters. The second kappa shape index (κ2) is 5.19. The number of amides is 1. The highest BCUT2D eigenvalue weighted by Crippen LogP contribution is 2.22. The van der Waals surface area contributed by atoms with Crippen molar-refractivity contribution in [3.05, 3.63) is 27.4 Å². The Morgan fingerprint density at radius 1 is 1.56 bits per heavy atom. The summed E-state index contributed by atoms with van der Waals surface area (Å²) in [6, 6.07) is -0.374. The quantitative estimate of drug-likeness (QED) is 0.942. The van der Waals surface area contributed by atoms with Crippen LogP contribution in [0.2, 0.25) is 0 Å². The van der Waals surface area contributed by atoms with Crippen molar-refractivity contribution in [2.75, 3.05) is 5.32 Å².